The highest BCUT2D eigenvalue weighted by Crippen LogP contribution is 2.12. The van der Waals surface area contributed by atoms with Crippen molar-refractivity contribution in [2.75, 3.05) is 19.0 Å². The molecule has 0 N–H and O–H groups in total. The molecule has 1 heterocycles. The molecule has 0 aliphatic heterocycles. The summed E-state index contributed by atoms with van der Waals surface area (Å²) in [5.41, 5.74) is 2.55. The van der Waals surface area contributed by atoms with Gasteiger partial charge in [-0.15, -0.1) is 0 Å². The molecule has 0 saturated heterocycles. The molecular weight excluding hydrogens is 288 g/mol. The first-order valence-corrected chi connectivity index (χ1v) is 5.91. The Labute approximate surface area is 120 Å². The van der Waals surface area contributed by atoms with Gasteiger partial charge in [-0.3, -0.25) is 0 Å². The molecule has 3 heteroatoms. The lowest BCUT2D eigenvalue weighted by molar-refractivity contribution is -0.710. The van der Waals surface area contributed by atoms with Crippen molar-refractivity contribution in [3.63, 3.8) is 0 Å². The summed E-state index contributed by atoms with van der Waals surface area (Å²) in [6, 6.07) is 15.2. The fraction of sp³-hybridized carbons (Fsp3) is 0.267. The zero-order valence-corrected chi connectivity index (χ0v) is 12.6. The quantitative estimate of drug-likeness (QED) is 0.704. The Morgan fingerprint density at radius 3 is 2.00 bits per heavy atom. The van der Waals surface area contributed by atoms with Crippen LogP contribution >= 0.6 is 0 Å². The highest BCUT2D eigenvalue weighted by Gasteiger charge is 2.14. The Kier molecular flexibility index (Phi) is 5.35. The molecular formula is C15H19BrN2. The van der Waals surface area contributed by atoms with Gasteiger partial charge < -0.3 is 21.9 Å². The van der Waals surface area contributed by atoms with Gasteiger partial charge >= 0.3 is 0 Å². The molecule has 1 aromatic heterocycles. The van der Waals surface area contributed by atoms with Crippen LogP contribution in [0.15, 0.2) is 54.9 Å². The molecule has 2 nitrogen and oxygen atoms in total. The fourth-order valence-corrected chi connectivity index (χ4v) is 1.89. The molecule has 2 aromatic rings. The van der Waals surface area contributed by atoms with Crippen molar-refractivity contribution in [2.45, 2.75) is 13.0 Å². The van der Waals surface area contributed by atoms with Crippen molar-refractivity contribution in [1.29, 1.82) is 0 Å². The number of rotatable bonds is 3. The molecule has 0 aliphatic rings. The summed E-state index contributed by atoms with van der Waals surface area (Å²) < 4.78 is 2.22. The number of nitrogens with zero attached hydrogens (tertiary/aromatic N) is 2. The smallest absolute Gasteiger partial charge is 0.180 e. The lowest BCUT2D eigenvalue weighted by atomic mass is 10.1. The van der Waals surface area contributed by atoms with E-state index in [2.05, 4.69) is 85.3 Å². The van der Waals surface area contributed by atoms with Crippen molar-refractivity contribution < 1.29 is 21.5 Å². The van der Waals surface area contributed by atoms with Gasteiger partial charge in [-0.2, -0.15) is 4.57 Å². The van der Waals surface area contributed by atoms with E-state index >= 15 is 0 Å². The standard InChI is InChI=1S/C15H19N2.BrH/c1-13(14-7-5-4-6-8-14)17-11-9-15(10-12-17)16(2)3;/h4-13H,1-3H3;1H/q+1;/p-1. The molecule has 0 aliphatic carbocycles. The van der Waals surface area contributed by atoms with Crippen LogP contribution in [0.5, 0.6) is 0 Å². The Hall–Kier alpha value is -1.35. The number of pyridine rings is 1. The van der Waals surface area contributed by atoms with E-state index in [-0.39, 0.29) is 17.0 Å². The van der Waals surface area contributed by atoms with Gasteiger partial charge in [0.05, 0.1) is 0 Å². The molecule has 1 atom stereocenters. The van der Waals surface area contributed by atoms with Crippen LogP contribution in [0, 0.1) is 0 Å². The molecule has 1 aromatic carbocycles. The first kappa shape index (κ1) is 14.7. The normalized spacial score (nSPS) is 11.5. The third-order valence-corrected chi connectivity index (χ3v) is 3.08. The van der Waals surface area contributed by atoms with E-state index in [0.29, 0.717) is 6.04 Å². The molecule has 0 fully saturated rings. The second-order valence-corrected chi connectivity index (χ2v) is 4.48. The number of hydrogen-bond acceptors (Lipinski definition) is 1. The number of anilines is 1. The summed E-state index contributed by atoms with van der Waals surface area (Å²) in [6.07, 6.45) is 4.26. The highest BCUT2D eigenvalue weighted by molar-refractivity contribution is 5.41. The van der Waals surface area contributed by atoms with Crippen LogP contribution in [0.1, 0.15) is 18.5 Å². The molecule has 0 spiro atoms. The summed E-state index contributed by atoms with van der Waals surface area (Å²) in [4.78, 5) is 2.11. The third-order valence-electron chi connectivity index (χ3n) is 3.08. The van der Waals surface area contributed by atoms with Crippen molar-refractivity contribution in [1.82, 2.24) is 0 Å². The number of halogens is 1. The topological polar surface area (TPSA) is 7.12 Å². The van der Waals surface area contributed by atoms with E-state index in [0.717, 1.165) is 0 Å². The Morgan fingerprint density at radius 2 is 1.50 bits per heavy atom. The Bertz CT molecular complexity index is 466. The molecule has 1 unspecified atom stereocenters. The summed E-state index contributed by atoms with van der Waals surface area (Å²) in [5.74, 6) is 0. The maximum absolute atomic E-state index is 2.22. The van der Waals surface area contributed by atoms with Gasteiger partial charge in [0.1, 0.15) is 0 Å². The minimum atomic E-state index is 0. The van der Waals surface area contributed by atoms with Gasteiger partial charge in [-0.1, -0.05) is 30.3 Å². The predicted molar refractivity (Wildman–Crippen MR) is 71.2 cm³/mol. The van der Waals surface area contributed by atoms with Crippen LogP contribution < -0.4 is 26.4 Å². The average Bonchev–Trinajstić information content (AvgIpc) is 2.39. The minimum absolute atomic E-state index is 0. The molecule has 0 radical (unpaired) electrons. The zero-order chi connectivity index (χ0) is 12.3. The van der Waals surface area contributed by atoms with Gasteiger partial charge in [0.2, 0.25) is 0 Å². The summed E-state index contributed by atoms with van der Waals surface area (Å²) in [7, 11) is 4.11. The molecule has 0 amide bonds. The second-order valence-electron chi connectivity index (χ2n) is 4.48. The first-order chi connectivity index (χ1) is 8.18. The van der Waals surface area contributed by atoms with Crippen LogP contribution in [-0.2, 0) is 0 Å². The summed E-state index contributed by atoms with van der Waals surface area (Å²) >= 11 is 0. The number of aromatic nitrogens is 1. The van der Waals surface area contributed by atoms with E-state index < -0.39 is 0 Å². The Balaban J connectivity index is 0.00000162. The lowest BCUT2D eigenvalue weighted by Gasteiger charge is -2.12. The van der Waals surface area contributed by atoms with Crippen molar-refractivity contribution in [3.8, 4) is 0 Å². The molecule has 18 heavy (non-hydrogen) atoms. The van der Waals surface area contributed by atoms with E-state index in [4.69, 9.17) is 0 Å². The Morgan fingerprint density at radius 1 is 0.944 bits per heavy atom. The number of hydrogen-bond donors (Lipinski definition) is 0. The van der Waals surface area contributed by atoms with Crippen LogP contribution in [0.3, 0.4) is 0 Å². The van der Waals surface area contributed by atoms with Gasteiger partial charge in [0.15, 0.2) is 18.4 Å². The van der Waals surface area contributed by atoms with Gasteiger partial charge in [-0.05, 0) is 0 Å². The lowest BCUT2D eigenvalue weighted by Crippen LogP contribution is -3.00. The van der Waals surface area contributed by atoms with E-state index in [1.54, 1.807) is 0 Å². The first-order valence-electron chi connectivity index (χ1n) is 5.91. The van der Waals surface area contributed by atoms with Crippen LogP contribution in [0.4, 0.5) is 5.69 Å². The summed E-state index contributed by atoms with van der Waals surface area (Å²) in [6.45, 7) is 2.21. The SMILES string of the molecule is CC(c1ccccc1)[n+]1ccc(N(C)C)cc1.[Br-]. The van der Waals surface area contributed by atoms with Crippen LogP contribution in [-0.4, -0.2) is 14.1 Å². The summed E-state index contributed by atoms with van der Waals surface area (Å²) in [5, 5.41) is 0. The third kappa shape index (κ3) is 3.33. The van der Waals surface area contributed by atoms with E-state index in [1.807, 2.05) is 0 Å². The molecule has 0 bridgehead atoms. The van der Waals surface area contributed by atoms with Gasteiger partial charge in [0, 0.05) is 44.4 Å². The van der Waals surface area contributed by atoms with Crippen molar-refractivity contribution in [2.24, 2.45) is 0 Å². The fourth-order valence-electron chi connectivity index (χ4n) is 1.89. The van der Waals surface area contributed by atoms with Gasteiger partial charge in [0.25, 0.3) is 0 Å². The average molecular weight is 307 g/mol. The van der Waals surface area contributed by atoms with E-state index in [1.165, 1.54) is 11.3 Å². The zero-order valence-electron chi connectivity index (χ0n) is 11.0. The largest absolute Gasteiger partial charge is 1.00 e. The van der Waals surface area contributed by atoms with Crippen molar-refractivity contribution >= 4 is 5.69 Å². The van der Waals surface area contributed by atoms with Crippen LogP contribution in [0.25, 0.3) is 0 Å². The maximum Gasteiger partial charge on any atom is 0.180 e. The minimum Gasteiger partial charge on any atom is -1.00 e. The van der Waals surface area contributed by atoms with Crippen LogP contribution in [0.2, 0.25) is 0 Å². The molecule has 0 saturated carbocycles. The maximum atomic E-state index is 2.22. The van der Waals surface area contributed by atoms with Gasteiger partial charge in [-0.25, -0.2) is 0 Å². The van der Waals surface area contributed by atoms with E-state index in [9.17, 15) is 0 Å². The number of benzene rings is 1. The second kappa shape index (κ2) is 6.55. The predicted octanol–water partition coefficient (Wildman–Crippen LogP) is -0.347. The molecule has 2 rings (SSSR count). The molecule has 96 valence electrons. The van der Waals surface area contributed by atoms with Crippen molar-refractivity contribution in [3.05, 3.63) is 60.4 Å². The highest BCUT2D eigenvalue weighted by atomic mass is 79.9. The monoisotopic (exact) mass is 306 g/mol.